The molecule has 5 N–H and O–H groups in total. The number of carboxylic acids is 1. The van der Waals surface area contributed by atoms with E-state index in [0.29, 0.717) is 25.2 Å². The number of rotatable bonds is 3. The molecule has 1 heterocycles. The Morgan fingerprint density at radius 1 is 1.45 bits per heavy atom. The normalized spacial score (nSPS) is 22.0. The maximum atomic E-state index is 13.7. The van der Waals surface area contributed by atoms with E-state index in [1.54, 1.807) is 11.8 Å². The van der Waals surface area contributed by atoms with Crippen LogP contribution in [0.5, 0.6) is 0 Å². The summed E-state index contributed by atoms with van der Waals surface area (Å²) in [7, 11) is 0. The number of carbonyl (C=O) groups is 2. The van der Waals surface area contributed by atoms with Gasteiger partial charge in [-0.3, -0.25) is 4.79 Å². The Labute approximate surface area is 115 Å². The van der Waals surface area contributed by atoms with Crippen molar-refractivity contribution in [2.24, 2.45) is 11.1 Å². The van der Waals surface area contributed by atoms with Crippen molar-refractivity contribution >= 4 is 23.3 Å². The Morgan fingerprint density at radius 2 is 2.10 bits per heavy atom. The molecule has 1 saturated heterocycles. The standard InChI is InChI=1S/C13H16FN3O3/c1-13(12(16)20)2-3-17(6-13)10-5-8(14)7(11(18)19)4-9(10)15/h4-5H,2-3,6,15H2,1H3,(H2,16,20)(H,18,19). The van der Waals surface area contributed by atoms with Crippen molar-refractivity contribution in [3.8, 4) is 0 Å². The first-order valence-corrected chi connectivity index (χ1v) is 6.12. The lowest BCUT2D eigenvalue weighted by molar-refractivity contribution is -0.125. The fourth-order valence-corrected chi connectivity index (χ4v) is 2.39. The smallest absolute Gasteiger partial charge is 0.338 e. The number of hydrogen-bond donors (Lipinski definition) is 3. The first-order chi connectivity index (χ1) is 9.24. The van der Waals surface area contributed by atoms with Crippen LogP contribution in [0, 0.1) is 11.2 Å². The number of benzene rings is 1. The number of anilines is 2. The van der Waals surface area contributed by atoms with E-state index in [9.17, 15) is 14.0 Å². The average molecular weight is 281 g/mol. The molecule has 0 spiro atoms. The molecule has 1 aliphatic heterocycles. The number of primary amides is 1. The van der Waals surface area contributed by atoms with Crippen molar-refractivity contribution in [3.63, 3.8) is 0 Å². The van der Waals surface area contributed by atoms with Gasteiger partial charge in [0.15, 0.2) is 0 Å². The van der Waals surface area contributed by atoms with Crippen molar-refractivity contribution in [3.05, 3.63) is 23.5 Å². The summed E-state index contributed by atoms with van der Waals surface area (Å²) in [6.07, 6.45) is 0.546. The van der Waals surface area contributed by atoms with Crippen LogP contribution in [0.2, 0.25) is 0 Å². The molecule has 1 fully saturated rings. The number of carbonyl (C=O) groups excluding carboxylic acids is 1. The summed E-state index contributed by atoms with van der Waals surface area (Å²) < 4.78 is 13.7. The molecule has 1 atom stereocenters. The Bertz CT molecular complexity index is 590. The Kier molecular flexibility index (Phi) is 3.29. The highest BCUT2D eigenvalue weighted by Crippen LogP contribution is 2.36. The summed E-state index contributed by atoms with van der Waals surface area (Å²) in [5.74, 6) is -2.64. The van der Waals surface area contributed by atoms with Gasteiger partial charge in [-0.25, -0.2) is 9.18 Å². The van der Waals surface area contributed by atoms with Crippen LogP contribution < -0.4 is 16.4 Å². The number of halogens is 1. The number of amides is 1. The van der Waals surface area contributed by atoms with Crippen molar-refractivity contribution in [2.45, 2.75) is 13.3 Å². The Morgan fingerprint density at radius 3 is 2.60 bits per heavy atom. The van der Waals surface area contributed by atoms with Crippen LogP contribution in [0.4, 0.5) is 15.8 Å². The third kappa shape index (κ3) is 2.26. The highest BCUT2D eigenvalue weighted by Gasteiger charge is 2.39. The molecule has 0 saturated carbocycles. The first-order valence-electron chi connectivity index (χ1n) is 6.12. The summed E-state index contributed by atoms with van der Waals surface area (Å²) in [5, 5.41) is 8.83. The molecule has 2 rings (SSSR count). The van der Waals surface area contributed by atoms with Crippen LogP contribution in [0.25, 0.3) is 0 Å². The Balaban J connectivity index is 2.34. The maximum absolute atomic E-state index is 13.7. The molecule has 0 bridgehead atoms. The summed E-state index contributed by atoms with van der Waals surface area (Å²) in [5.41, 5.74) is 10.5. The van der Waals surface area contributed by atoms with Gasteiger partial charge in [0.05, 0.1) is 22.4 Å². The van der Waals surface area contributed by atoms with E-state index in [0.717, 1.165) is 12.1 Å². The molecule has 1 unspecified atom stereocenters. The minimum absolute atomic E-state index is 0.164. The fraction of sp³-hybridized carbons (Fsp3) is 0.385. The molecule has 1 aliphatic rings. The minimum Gasteiger partial charge on any atom is -0.478 e. The Hall–Kier alpha value is -2.31. The van der Waals surface area contributed by atoms with Gasteiger partial charge in [-0.05, 0) is 19.4 Å². The molecule has 1 amide bonds. The largest absolute Gasteiger partial charge is 0.478 e. The van der Waals surface area contributed by atoms with Crippen LogP contribution in [-0.2, 0) is 4.79 Å². The molecule has 0 radical (unpaired) electrons. The number of aromatic carboxylic acids is 1. The SMILES string of the molecule is CC1(C(N)=O)CCN(c2cc(F)c(C(=O)O)cc2N)C1. The van der Waals surface area contributed by atoms with Gasteiger partial charge in [0.1, 0.15) is 5.82 Å². The van der Waals surface area contributed by atoms with Crippen LogP contribution in [0.1, 0.15) is 23.7 Å². The molecular formula is C13H16FN3O3. The third-order valence-electron chi connectivity index (χ3n) is 3.76. The van der Waals surface area contributed by atoms with Crippen molar-refractivity contribution in [1.29, 1.82) is 0 Å². The second-order valence-electron chi connectivity index (χ2n) is 5.29. The van der Waals surface area contributed by atoms with E-state index < -0.39 is 28.7 Å². The number of nitrogens with two attached hydrogens (primary N) is 2. The quantitative estimate of drug-likeness (QED) is 0.710. The second-order valence-corrected chi connectivity index (χ2v) is 5.29. The van der Waals surface area contributed by atoms with E-state index >= 15 is 0 Å². The summed E-state index contributed by atoms with van der Waals surface area (Å²) in [4.78, 5) is 24.0. The van der Waals surface area contributed by atoms with Crippen LogP contribution in [-0.4, -0.2) is 30.1 Å². The van der Waals surface area contributed by atoms with Gasteiger partial charge in [-0.1, -0.05) is 0 Å². The predicted octanol–water partition coefficient (Wildman–Crippen LogP) is 0.808. The number of hydrogen-bond acceptors (Lipinski definition) is 4. The zero-order valence-corrected chi connectivity index (χ0v) is 11.0. The van der Waals surface area contributed by atoms with E-state index in [1.807, 2.05) is 0 Å². The van der Waals surface area contributed by atoms with Crippen molar-refractivity contribution < 1.29 is 19.1 Å². The molecule has 7 heteroatoms. The summed E-state index contributed by atoms with van der Waals surface area (Å²) >= 11 is 0. The molecule has 20 heavy (non-hydrogen) atoms. The number of nitrogen functional groups attached to an aromatic ring is 1. The second kappa shape index (κ2) is 4.66. The summed E-state index contributed by atoms with van der Waals surface area (Å²) in [6.45, 7) is 2.58. The van der Waals surface area contributed by atoms with Crippen LogP contribution in [0.15, 0.2) is 12.1 Å². The van der Waals surface area contributed by atoms with Gasteiger partial charge < -0.3 is 21.5 Å². The van der Waals surface area contributed by atoms with Gasteiger partial charge >= 0.3 is 5.97 Å². The molecule has 6 nitrogen and oxygen atoms in total. The summed E-state index contributed by atoms with van der Waals surface area (Å²) in [6, 6.07) is 2.18. The minimum atomic E-state index is -1.37. The third-order valence-corrected chi connectivity index (χ3v) is 3.76. The zero-order chi connectivity index (χ0) is 15.1. The lowest BCUT2D eigenvalue weighted by atomic mass is 9.89. The predicted molar refractivity (Wildman–Crippen MR) is 71.9 cm³/mol. The molecule has 0 aliphatic carbocycles. The highest BCUT2D eigenvalue weighted by atomic mass is 19.1. The molecule has 108 valence electrons. The first kappa shape index (κ1) is 14.1. The van der Waals surface area contributed by atoms with E-state index in [2.05, 4.69) is 0 Å². The molecule has 1 aromatic carbocycles. The number of nitrogens with zero attached hydrogens (tertiary/aromatic N) is 1. The van der Waals surface area contributed by atoms with Crippen molar-refractivity contribution in [2.75, 3.05) is 23.7 Å². The van der Waals surface area contributed by atoms with Gasteiger partial charge in [0.25, 0.3) is 0 Å². The van der Waals surface area contributed by atoms with Crippen LogP contribution >= 0.6 is 0 Å². The highest BCUT2D eigenvalue weighted by molar-refractivity contribution is 5.91. The molecular weight excluding hydrogens is 265 g/mol. The monoisotopic (exact) mass is 281 g/mol. The van der Waals surface area contributed by atoms with E-state index in [1.165, 1.54) is 0 Å². The van der Waals surface area contributed by atoms with Gasteiger partial charge in [-0.2, -0.15) is 0 Å². The van der Waals surface area contributed by atoms with Crippen molar-refractivity contribution in [1.82, 2.24) is 0 Å². The fourth-order valence-electron chi connectivity index (χ4n) is 2.39. The van der Waals surface area contributed by atoms with Gasteiger partial charge in [0, 0.05) is 19.2 Å². The van der Waals surface area contributed by atoms with Gasteiger partial charge in [0.2, 0.25) is 5.91 Å². The number of carboxylic acid groups (broad SMARTS) is 1. The van der Waals surface area contributed by atoms with Crippen LogP contribution in [0.3, 0.4) is 0 Å². The molecule has 1 aromatic rings. The van der Waals surface area contributed by atoms with Gasteiger partial charge in [-0.15, -0.1) is 0 Å². The lowest BCUT2D eigenvalue weighted by Gasteiger charge is -2.24. The maximum Gasteiger partial charge on any atom is 0.338 e. The van der Waals surface area contributed by atoms with E-state index in [4.69, 9.17) is 16.6 Å². The topological polar surface area (TPSA) is 110 Å². The molecule has 0 aromatic heterocycles. The average Bonchev–Trinajstić information content (AvgIpc) is 2.75. The van der Waals surface area contributed by atoms with E-state index in [-0.39, 0.29) is 5.69 Å². The zero-order valence-electron chi connectivity index (χ0n) is 11.0. The lowest BCUT2D eigenvalue weighted by Crippen LogP contribution is -2.37.